The fourth-order valence-electron chi connectivity index (χ4n) is 1.97. The monoisotopic (exact) mass is 330 g/mol. The number of fused-ring (bicyclic) bond motifs is 1. The molecule has 2 aromatic rings. The molecule has 0 aliphatic carbocycles. The van der Waals surface area contributed by atoms with E-state index < -0.39 is 22.5 Å². The van der Waals surface area contributed by atoms with E-state index in [1.807, 2.05) is 0 Å². The Bertz CT molecular complexity index is 763. The van der Waals surface area contributed by atoms with E-state index in [0.29, 0.717) is 11.2 Å². The fourth-order valence-corrected chi connectivity index (χ4v) is 2.54. The van der Waals surface area contributed by atoms with Gasteiger partial charge < -0.3 is 4.74 Å². The molecule has 2 aromatic heterocycles. The predicted molar refractivity (Wildman–Crippen MR) is 74.0 cm³/mol. The van der Waals surface area contributed by atoms with Gasteiger partial charge in [-0.05, 0) is 6.42 Å². The number of ether oxygens (including phenoxy) is 1. The molecule has 1 aliphatic heterocycles. The Kier molecular flexibility index (Phi) is 3.80. The zero-order chi connectivity index (χ0) is 15.0. The summed E-state index contributed by atoms with van der Waals surface area (Å²) in [5.41, 5.74) is 1.01. The summed E-state index contributed by atoms with van der Waals surface area (Å²) < 4.78 is 31.2. The second kappa shape index (κ2) is 5.46. The second-order valence-corrected chi connectivity index (χ2v) is 6.07. The normalized spacial score (nSPS) is 23.0. The van der Waals surface area contributed by atoms with Crippen molar-refractivity contribution in [1.29, 1.82) is 0 Å². The van der Waals surface area contributed by atoms with Gasteiger partial charge in [-0.25, -0.2) is 20.1 Å². The Balaban J connectivity index is 1.75. The molecular weight excluding hydrogens is 320 g/mol. The van der Waals surface area contributed by atoms with Gasteiger partial charge in [-0.15, -0.1) is 0 Å². The molecule has 1 aliphatic rings. The van der Waals surface area contributed by atoms with E-state index >= 15 is 0 Å². The Labute approximate surface area is 125 Å². The van der Waals surface area contributed by atoms with Crippen LogP contribution >= 0.6 is 11.6 Å². The van der Waals surface area contributed by atoms with Crippen LogP contribution < -0.4 is 9.86 Å². The van der Waals surface area contributed by atoms with Crippen LogP contribution in [0.15, 0.2) is 12.7 Å². The fraction of sp³-hybridized carbons (Fsp3) is 0.300. The van der Waals surface area contributed by atoms with E-state index in [0.717, 1.165) is 0 Å². The number of hydrogen-bond acceptors (Lipinski definition) is 6. The summed E-state index contributed by atoms with van der Waals surface area (Å²) in [6, 6.07) is 0. The van der Waals surface area contributed by atoms with Crippen LogP contribution in [0, 0.1) is 12.8 Å². The third-order valence-corrected chi connectivity index (χ3v) is 3.72. The quantitative estimate of drug-likeness (QED) is 0.733. The summed E-state index contributed by atoms with van der Waals surface area (Å²) >= 11 is 5.93. The average Bonchev–Trinajstić information content (AvgIpc) is 3.02. The topological polar surface area (TPSA) is 125 Å². The Morgan fingerprint density at radius 3 is 2.95 bits per heavy atom. The van der Waals surface area contributed by atoms with Crippen LogP contribution in [-0.2, 0) is 14.9 Å². The van der Waals surface area contributed by atoms with Crippen LogP contribution in [0.5, 0.6) is 0 Å². The molecule has 2 atom stereocenters. The molecule has 3 rings (SSSR count). The number of nitrogens with one attached hydrogen (secondary N) is 1. The van der Waals surface area contributed by atoms with E-state index in [4.69, 9.17) is 21.5 Å². The lowest BCUT2D eigenvalue weighted by Crippen LogP contribution is -2.36. The lowest BCUT2D eigenvalue weighted by Gasteiger charge is -2.14. The van der Waals surface area contributed by atoms with Crippen molar-refractivity contribution in [1.82, 2.24) is 24.2 Å². The van der Waals surface area contributed by atoms with Crippen molar-refractivity contribution in [3.8, 4) is 0 Å². The number of hydrogen-bond donors (Lipinski definition) is 2. The molecule has 21 heavy (non-hydrogen) atoms. The Morgan fingerprint density at radius 1 is 1.38 bits per heavy atom. The van der Waals surface area contributed by atoms with Crippen LogP contribution in [0.4, 0.5) is 0 Å². The van der Waals surface area contributed by atoms with Gasteiger partial charge in [0.1, 0.15) is 18.1 Å². The summed E-state index contributed by atoms with van der Waals surface area (Å²) in [6.45, 7) is 0.0498. The standard InChI is InChI=1S/C10H11ClN6O3S/c11-9-8-10(14-4-13-9)17(5-15-8)7-2-1-6(20-7)3-16-21(12,18)19/h1-2,4-7,16H,3H2,(H2,12,18,19)/t6-,7-/m1/s1. The maximum absolute atomic E-state index is 10.9. The van der Waals surface area contributed by atoms with Crippen LogP contribution in [-0.4, -0.2) is 40.6 Å². The number of imidazole rings is 1. The highest BCUT2D eigenvalue weighted by atomic mass is 35.5. The van der Waals surface area contributed by atoms with Crippen molar-refractivity contribution in [2.24, 2.45) is 5.14 Å². The molecule has 0 aromatic carbocycles. The molecule has 0 unspecified atom stereocenters. The molecule has 0 bridgehead atoms. The lowest BCUT2D eigenvalue weighted by molar-refractivity contribution is 0.0235. The highest BCUT2D eigenvalue weighted by Crippen LogP contribution is 2.29. The van der Waals surface area contributed by atoms with Gasteiger partial charge in [0.25, 0.3) is 10.2 Å². The average molecular weight is 331 g/mol. The molecular formula is C10H11ClN6O3S. The minimum Gasteiger partial charge on any atom is -0.353 e. The van der Waals surface area contributed by atoms with E-state index in [9.17, 15) is 8.42 Å². The SMILES string of the molecule is NS(=O)(=O)NC[C@H]1[CH][CH][C@H](n2cnc3c(Cl)ncnc32)O1. The number of aromatic nitrogens is 4. The highest BCUT2D eigenvalue weighted by molar-refractivity contribution is 7.87. The summed E-state index contributed by atoms with van der Waals surface area (Å²) in [5, 5.41) is 5.13. The molecule has 3 heterocycles. The first-order valence-corrected chi connectivity index (χ1v) is 7.81. The molecule has 3 N–H and O–H groups in total. The molecule has 1 saturated heterocycles. The van der Waals surface area contributed by atoms with Crippen LogP contribution in [0.3, 0.4) is 0 Å². The zero-order valence-electron chi connectivity index (χ0n) is 10.5. The maximum atomic E-state index is 10.9. The third-order valence-electron chi connectivity index (χ3n) is 2.88. The number of rotatable bonds is 4. The van der Waals surface area contributed by atoms with Crippen molar-refractivity contribution in [2.45, 2.75) is 12.3 Å². The van der Waals surface area contributed by atoms with Crippen molar-refractivity contribution in [3.05, 3.63) is 30.6 Å². The number of halogens is 1. The van der Waals surface area contributed by atoms with Gasteiger partial charge in [0.05, 0.1) is 12.4 Å². The summed E-state index contributed by atoms with van der Waals surface area (Å²) in [5.74, 6) is 0. The molecule has 0 saturated carbocycles. The van der Waals surface area contributed by atoms with Gasteiger partial charge in [0, 0.05) is 13.0 Å². The van der Waals surface area contributed by atoms with Crippen LogP contribution in [0.1, 0.15) is 6.23 Å². The summed E-state index contributed by atoms with van der Waals surface area (Å²) in [6.07, 6.45) is 5.50. The number of nitrogens with two attached hydrogens (primary N) is 1. The molecule has 1 fully saturated rings. The van der Waals surface area contributed by atoms with E-state index in [1.54, 1.807) is 17.4 Å². The first kappa shape index (κ1) is 14.6. The van der Waals surface area contributed by atoms with Gasteiger partial charge >= 0.3 is 0 Å². The smallest absolute Gasteiger partial charge is 0.274 e. The second-order valence-electron chi connectivity index (χ2n) is 4.33. The first-order valence-electron chi connectivity index (χ1n) is 5.88. The van der Waals surface area contributed by atoms with Crippen LogP contribution in [0.2, 0.25) is 5.15 Å². The molecule has 0 amide bonds. The first-order chi connectivity index (χ1) is 9.94. The minimum absolute atomic E-state index is 0.0498. The van der Waals surface area contributed by atoms with Gasteiger partial charge in [-0.1, -0.05) is 11.6 Å². The minimum atomic E-state index is -3.74. The Hall–Kier alpha value is -1.33. The molecule has 0 spiro atoms. The molecule has 11 heteroatoms. The van der Waals surface area contributed by atoms with Gasteiger partial charge in [-0.3, -0.25) is 4.57 Å². The molecule has 2 radical (unpaired) electrons. The Morgan fingerprint density at radius 2 is 2.19 bits per heavy atom. The largest absolute Gasteiger partial charge is 0.353 e. The van der Waals surface area contributed by atoms with Gasteiger partial charge in [0.2, 0.25) is 0 Å². The van der Waals surface area contributed by atoms with Crippen molar-refractivity contribution in [2.75, 3.05) is 6.54 Å². The van der Waals surface area contributed by atoms with E-state index in [-0.39, 0.29) is 11.7 Å². The zero-order valence-corrected chi connectivity index (χ0v) is 12.1. The van der Waals surface area contributed by atoms with E-state index in [1.165, 1.54) is 12.7 Å². The lowest BCUT2D eigenvalue weighted by atomic mass is 10.2. The predicted octanol–water partition coefficient (Wildman–Crippen LogP) is -0.421. The molecule has 112 valence electrons. The third kappa shape index (κ3) is 3.14. The van der Waals surface area contributed by atoms with Crippen molar-refractivity contribution >= 4 is 33.0 Å². The van der Waals surface area contributed by atoms with E-state index in [2.05, 4.69) is 19.7 Å². The summed E-state index contributed by atoms with van der Waals surface area (Å²) in [4.78, 5) is 12.1. The number of nitrogens with zero attached hydrogens (tertiary/aromatic N) is 4. The molecule has 9 nitrogen and oxygen atoms in total. The van der Waals surface area contributed by atoms with Crippen molar-refractivity contribution in [3.63, 3.8) is 0 Å². The van der Waals surface area contributed by atoms with Gasteiger partial charge in [-0.2, -0.15) is 13.1 Å². The van der Waals surface area contributed by atoms with Gasteiger partial charge in [0.15, 0.2) is 10.8 Å². The maximum Gasteiger partial charge on any atom is 0.274 e. The van der Waals surface area contributed by atoms with Crippen LogP contribution in [0.25, 0.3) is 11.2 Å². The van der Waals surface area contributed by atoms with Crippen molar-refractivity contribution < 1.29 is 13.2 Å². The summed E-state index contributed by atoms with van der Waals surface area (Å²) in [7, 11) is -3.74. The highest BCUT2D eigenvalue weighted by Gasteiger charge is 2.29.